The molecule has 2 rings (SSSR count). The molecule has 17 heavy (non-hydrogen) atoms. The fourth-order valence-corrected chi connectivity index (χ4v) is 1.64. The summed E-state index contributed by atoms with van der Waals surface area (Å²) in [5.41, 5.74) is 2.62. The number of rotatable bonds is 3. The monoisotopic (exact) mass is 235 g/mol. The Morgan fingerprint density at radius 3 is 2.53 bits per heavy atom. The molecule has 0 radical (unpaired) electrons. The van der Waals surface area contributed by atoms with Gasteiger partial charge in [0.05, 0.1) is 0 Å². The van der Waals surface area contributed by atoms with Gasteiger partial charge in [0.2, 0.25) is 0 Å². The zero-order chi connectivity index (χ0) is 12.7. The van der Waals surface area contributed by atoms with Crippen LogP contribution < -0.4 is 0 Å². The Hall–Kier alpha value is -1.97. The molecule has 0 fully saturated rings. The number of para-hydroxylation sites is 1. The summed E-state index contributed by atoms with van der Waals surface area (Å²) in [7, 11) is 0. The molecule has 0 bridgehead atoms. The SMILES string of the molecule is CCCCc1cc2ccccc2[nH]1.O=C(O)O. The van der Waals surface area contributed by atoms with E-state index in [1.165, 1.54) is 35.9 Å². The predicted octanol–water partition coefficient (Wildman–Crippen LogP) is 3.73. The van der Waals surface area contributed by atoms with Crippen LogP contribution in [0.2, 0.25) is 0 Å². The summed E-state index contributed by atoms with van der Waals surface area (Å²) in [6.07, 6.45) is 1.87. The lowest BCUT2D eigenvalue weighted by molar-refractivity contribution is 0.137. The molecule has 0 aliphatic carbocycles. The Bertz CT molecular complexity index is 439. The summed E-state index contributed by atoms with van der Waals surface area (Å²) in [5.74, 6) is 0. The molecular formula is C13H17NO3. The number of nitrogens with one attached hydrogen (secondary N) is 1. The first-order valence-electron chi connectivity index (χ1n) is 5.62. The average molecular weight is 235 g/mol. The summed E-state index contributed by atoms with van der Waals surface area (Å²) < 4.78 is 0. The molecule has 92 valence electrons. The second kappa shape index (κ2) is 6.58. The first-order valence-corrected chi connectivity index (χ1v) is 5.62. The Morgan fingerprint density at radius 2 is 1.94 bits per heavy atom. The number of hydrogen-bond acceptors (Lipinski definition) is 1. The van der Waals surface area contributed by atoms with E-state index >= 15 is 0 Å². The van der Waals surface area contributed by atoms with Crippen LogP contribution >= 0.6 is 0 Å². The van der Waals surface area contributed by atoms with E-state index in [9.17, 15) is 0 Å². The summed E-state index contributed by atoms with van der Waals surface area (Å²) in [6.45, 7) is 2.22. The van der Waals surface area contributed by atoms with Crippen molar-refractivity contribution in [3.8, 4) is 0 Å². The molecule has 4 heteroatoms. The van der Waals surface area contributed by atoms with E-state index in [-0.39, 0.29) is 0 Å². The Kier molecular flexibility index (Phi) is 5.07. The lowest BCUT2D eigenvalue weighted by Gasteiger charge is -1.92. The standard InChI is InChI=1S/C12H15N.CH2O3/c1-2-3-7-11-9-10-6-4-5-8-12(10)13-11;2-1(3)4/h4-6,8-9,13H,2-3,7H2,1H3;(H2,2,3,4). The minimum atomic E-state index is -1.83. The third-order valence-corrected chi connectivity index (χ3v) is 2.39. The molecule has 0 saturated carbocycles. The van der Waals surface area contributed by atoms with Crippen molar-refractivity contribution < 1.29 is 15.0 Å². The quantitative estimate of drug-likeness (QED) is 0.758. The number of carboxylic acid groups (broad SMARTS) is 2. The van der Waals surface area contributed by atoms with Gasteiger partial charge in [0.15, 0.2) is 0 Å². The topological polar surface area (TPSA) is 73.3 Å². The number of aryl methyl sites for hydroxylation is 1. The smallest absolute Gasteiger partial charge is 0.450 e. The number of benzene rings is 1. The summed E-state index contributed by atoms with van der Waals surface area (Å²) in [4.78, 5) is 12.0. The van der Waals surface area contributed by atoms with Gasteiger partial charge in [-0.05, 0) is 30.4 Å². The van der Waals surface area contributed by atoms with Crippen LogP contribution in [-0.2, 0) is 6.42 Å². The van der Waals surface area contributed by atoms with Crippen LogP contribution in [0.3, 0.4) is 0 Å². The van der Waals surface area contributed by atoms with Crippen molar-refractivity contribution in [2.45, 2.75) is 26.2 Å². The van der Waals surface area contributed by atoms with Gasteiger partial charge < -0.3 is 15.2 Å². The van der Waals surface area contributed by atoms with E-state index in [0.29, 0.717) is 0 Å². The second-order valence-electron chi connectivity index (χ2n) is 3.77. The van der Waals surface area contributed by atoms with E-state index in [1.54, 1.807) is 0 Å². The van der Waals surface area contributed by atoms with E-state index in [2.05, 4.69) is 42.2 Å². The Morgan fingerprint density at radius 1 is 1.29 bits per heavy atom. The van der Waals surface area contributed by atoms with E-state index in [4.69, 9.17) is 15.0 Å². The Labute approximate surface area is 99.9 Å². The van der Waals surface area contributed by atoms with Crippen LogP contribution in [0.15, 0.2) is 30.3 Å². The number of aromatic amines is 1. The van der Waals surface area contributed by atoms with Gasteiger partial charge in [0.1, 0.15) is 0 Å². The number of carbonyl (C=O) groups is 1. The minimum Gasteiger partial charge on any atom is -0.450 e. The Balaban J connectivity index is 0.000000317. The van der Waals surface area contributed by atoms with Crippen LogP contribution in [0.1, 0.15) is 25.5 Å². The predicted molar refractivity (Wildman–Crippen MR) is 67.6 cm³/mol. The normalized spacial score (nSPS) is 9.71. The number of unbranched alkanes of at least 4 members (excludes halogenated alkanes) is 1. The third-order valence-electron chi connectivity index (χ3n) is 2.39. The van der Waals surface area contributed by atoms with E-state index in [0.717, 1.165) is 0 Å². The highest BCUT2D eigenvalue weighted by Gasteiger charge is 1.98. The van der Waals surface area contributed by atoms with Crippen LogP contribution in [-0.4, -0.2) is 21.4 Å². The molecule has 0 unspecified atom stereocenters. The zero-order valence-corrected chi connectivity index (χ0v) is 9.81. The maximum absolute atomic E-state index is 8.56. The number of H-pyrrole nitrogens is 1. The van der Waals surface area contributed by atoms with Gasteiger partial charge in [-0.1, -0.05) is 31.5 Å². The highest BCUT2D eigenvalue weighted by molar-refractivity contribution is 5.80. The maximum Gasteiger partial charge on any atom is 0.503 e. The summed E-state index contributed by atoms with van der Waals surface area (Å²) in [5, 5.41) is 15.3. The molecule has 1 aromatic heterocycles. The molecule has 4 nitrogen and oxygen atoms in total. The molecule has 0 saturated heterocycles. The van der Waals surface area contributed by atoms with Crippen molar-refractivity contribution in [1.29, 1.82) is 0 Å². The van der Waals surface area contributed by atoms with Crippen molar-refractivity contribution in [1.82, 2.24) is 4.98 Å². The number of fused-ring (bicyclic) bond motifs is 1. The number of hydrogen-bond donors (Lipinski definition) is 3. The number of aromatic nitrogens is 1. The zero-order valence-electron chi connectivity index (χ0n) is 9.81. The fourth-order valence-electron chi connectivity index (χ4n) is 1.64. The highest BCUT2D eigenvalue weighted by Crippen LogP contribution is 2.15. The molecule has 0 atom stereocenters. The highest BCUT2D eigenvalue weighted by atomic mass is 16.6. The molecule has 0 aliphatic heterocycles. The van der Waals surface area contributed by atoms with Gasteiger partial charge in [-0.15, -0.1) is 0 Å². The third kappa shape index (κ3) is 4.59. The molecule has 1 aromatic carbocycles. The first-order chi connectivity index (χ1) is 8.13. The molecule has 0 spiro atoms. The molecule has 0 amide bonds. The summed E-state index contributed by atoms with van der Waals surface area (Å²) in [6, 6.07) is 10.7. The minimum absolute atomic E-state index is 1.17. The lowest BCUT2D eigenvalue weighted by Crippen LogP contribution is -1.82. The van der Waals surface area contributed by atoms with Gasteiger partial charge in [-0.25, -0.2) is 4.79 Å². The fraction of sp³-hybridized carbons (Fsp3) is 0.308. The maximum atomic E-state index is 8.56. The molecule has 3 N–H and O–H groups in total. The van der Waals surface area contributed by atoms with Crippen molar-refractivity contribution in [2.24, 2.45) is 0 Å². The van der Waals surface area contributed by atoms with Gasteiger partial charge in [0.25, 0.3) is 0 Å². The van der Waals surface area contributed by atoms with Gasteiger partial charge >= 0.3 is 6.16 Å². The molecule has 1 heterocycles. The van der Waals surface area contributed by atoms with Gasteiger partial charge in [-0.2, -0.15) is 0 Å². The van der Waals surface area contributed by atoms with Crippen molar-refractivity contribution in [3.63, 3.8) is 0 Å². The first kappa shape index (κ1) is 13.1. The van der Waals surface area contributed by atoms with E-state index in [1.807, 2.05) is 0 Å². The van der Waals surface area contributed by atoms with Crippen LogP contribution in [0.5, 0.6) is 0 Å². The van der Waals surface area contributed by atoms with Gasteiger partial charge in [-0.3, -0.25) is 0 Å². The largest absolute Gasteiger partial charge is 0.503 e. The van der Waals surface area contributed by atoms with Crippen molar-refractivity contribution in [3.05, 3.63) is 36.0 Å². The average Bonchev–Trinajstić information content (AvgIpc) is 2.68. The van der Waals surface area contributed by atoms with Gasteiger partial charge in [0, 0.05) is 11.2 Å². The second-order valence-corrected chi connectivity index (χ2v) is 3.77. The van der Waals surface area contributed by atoms with Crippen LogP contribution in [0, 0.1) is 0 Å². The molecule has 0 aliphatic rings. The van der Waals surface area contributed by atoms with E-state index < -0.39 is 6.16 Å². The lowest BCUT2D eigenvalue weighted by atomic mass is 10.2. The molecular weight excluding hydrogens is 218 g/mol. The summed E-state index contributed by atoms with van der Waals surface area (Å²) >= 11 is 0. The van der Waals surface area contributed by atoms with Crippen molar-refractivity contribution in [2.75, 3.05) is 0 Å². The molecule has 2 aromatic rings. The van der Waals surface area contributed by atoms with Crippen LogP contribution in [0.25, 0.3) is 10.9 Å². The van der Waals surface area contributed by atoms with Crippen molar-refractivity contribution >= 4 is 17.1 Å². The van der Waals surface area contributed by atoms with Crippen LogP contribution in [0.4, 0.5) is 4.79 Å².